The standard InChI is InChI=1S/C33H56O15/c1-30(2,3)26(37)43-15-17-21(46-27(38)31(4,5)6)22(47-28(39)32(7,8)9)23(48-29(40)33(10,11)12)25(45-17)42-14-16-18(34)19(35)20(36)24(41-13)44-16/h16-25,34-36H,14-15H2,1-13H3/t16-,17-,18+,19+,20-,21-,22+,23-,24-,25-/m1/s1. The second-order valence-corrected chi connectivity index (χ2v) is 16.3. The Labute approximate surface area is 282 Å². The molecule has 3 N–H and O–H groups in total. The summed E-state index contributed by atoms with van der Waals surface area (Å²) in [6, 6.07) is 0. The van der Waals surface area contributed by atoms with Gasteiger partial charge in [-0.2, -0.15) is 0 Å². The van der Waals surface area contributed by atoms with E-state index < -0.39 is 120 Å². The third-order valence-corrected chi connectivity index (χ3v) is 7.47. The molecular weight excluding hydrogens is 636 g/mol. The molecule has 0 aromatic rings. The smallest absolute Gasteiger partial charge is 0.311 e. The Morgan fingerprint density at radius 2 is 0.938 bits per heavy atom. The van der Waals surface area contributed by atoms with Crippen LogP contribution in [-0.2, 0) is 57.1 Å². The summed E-state index contributed by atoms with van der Waals surface area (Å²) in [4.78, 5) is 52.8. The van der Waals surface area contributed by atoms with Gasteiger partial charge in [0.25, 0.3) is 0 Å². The van der Waals surface area contributed by atoms with Gasteiger partial charge in [-0.05, 0) is 83.1 Å². The summed E-state index contributed by atoms with van der Waals surface area (Å²) in [5.74, 6) is -2.80. The van der Waals surface area contributed by atoms with E-state index in [9.17, 15) is 34.5 Å². The minimum atomic E-state index is -1.66. The fourth-order valence-electron chi connectivity index (χ4n) is 4.26. The van der Waals surface area contributed by atoms with Crippen molar-refractivity contribution in [3.05, 3.63) is 0 Å². The van der Waals surface area contributed by atoms with Gasteiger partial charge in [-0.25, -0.2) is 0 Å². The normalized spacial score (nSPS) is 31.8. The van der Waals surface area contributed by atoms with Crippen molar-refractivity contribution >= 4 is 23.9 Å². The predicted molar refractivity (Wildman–Crippen MR) is 167 cm³/mol. The van der Waals surface area contributed by atoms with Crippen LogP contribution in [0.25, 0.3) is 0 Å². The molecular formula is C33H56O15. The van der Waals surface area contributed by atoms with Gasteiger partial charge in [-0.15, -0.1) is 0 Å². The monoisotopic (exact) mass is 692 g/mol. The van der Waals surface area contributed by atoms with Crippen LogP contribution in [0.1, 0.15) is 83.1 Å². The summed E-state index contributed by atoms with van der Waals surface area (Å²) in [6.07, 6.45) is -14.9. The molecule has 2 saturated heterocycles. The van der Waals surface area contributed by atoms with Crippen LogP contribution in [0.2, 0.25) is 0 Å². The van der Waals surface area contributed by atoms with Gasteiger partial charge in [-0.3, -0.25) is 19.2 Å². The minimum Gasteiger partial charge on any atom is -0.462 e. The zero-order chi connectivity index (χ0) is 37.2. The van der Waals surface area contributed by atoms with Gasteiger partial charge in [0.05, 0.1) is 28.3 Å². The number of aliphatic hydroxyl groups excluding tert-OH is 3. The first-order valence-corrected chi connectivity index (χ1v) is 16.0. The summed E-state index contributed by atoms with van der Waals surface area (Å²) in [6.45, 7) is 18.4. The molecule has 0 bridgehead atoms. The topological polar surface area (TPSA) is 203 Å². The zero-order valence-corrected chi connectivity index (χ0v) is 30.4. The number of esters is 4. The van der Waals surface area contributed by atoms with Crippen molar-refractivity contribution in [3.8, 4) is 0 Å². The maximum Gasteiger partial charge on any atom is 0.311 e. The first-order valence-electron chi connectivity index (χ1n) is 16.0. The highest BCUT2D eigenvalue weighted by atomic mass is 16.7. The molecule has 0 radical (unpaired) electrons. The Morgan fingerprint density at radius 1 is 0.521 bits per heavy atom. The first-order chi connectivity index (χ1) is 21.7. The molecule has 15 nitrogen and oxygen atoms in total. The molecule has 0 spiro atoms. The van der Waals surface area contributed by atoms with Crippen molar-refractivity contribution in [2.75, 3.05) is 20.3 Å². The van der Waals surface area contributed by atoms with Crippen LogP contribution in [0, 0.1) is 21.7 Å². The number of hydrogen-bond acceptors (Lipinski definition) is 15. The molecule has 2 fully saturated rings. The maximum absolute atomic E-state index is 13.4. The molecule has 15 heteroatoms. The Kier molecular flexibility index (Phi) is 13.6. The van der Waals surface area contributed by atoms with Gasteiger partial charge in [0.1, 0.15) is 37.1 Å². The molecule has 2 heterocycles. The molecule has 2 aliphatic rings. The van der Waals surface area contributed by atoms with Gasteiger partial charge >= 0.3 is 23.9 Å². The third-order valence-electron chi connectivity index (χ3n) is 7.47. The Hall–Kier alpha value is -2.40. The van der Waals surface area contributed by atoms with Crippen molar-refractivity contribution < 1.29 is 72.4 Å². The third kappa shape index (κ3) is 10.8. The molecule has 0 saturated carbocycles. The SMILES string of the molecule is CO[C@@H]1O[C@H](CO[C@@H]2O[C@H](COC(=O)C(C)(C)C)[C@@H](OC(=O)C(C)(C)C)[C@H](OC(=O)C(C)(C)C)[C@H]2OC(=O)C(C)(C)C)[C@H](O)[C@H](O)[C@H]1O. The second-order valence-electron chi connectivity index (χ2n) is 16.3. The first kappa shape index (κ1) is 41.8. The quantitative estimate of drug-likeness (QED) is 0.232. The van der Waals surface area contributed by atoms with E-state index in [0.29, 0.717) is 0 Å². The fourth-order valence-corrected chi connectivity index (χ4v) is 4.26. The van der Waals surface area contributed by atoms with Gasteiger partial charge in [0.15, 0.2) is 30.9 Å². The molecule has 0 aromatic heterocycles. The number of carbonyl (C=O) groups excluding carboxylic acids is 4. The van der Waals surface area contributed by atoms with Crippen molar-refractivity contribution in [1.82, 2.24) is 0 Å². The van der Waals surface area contributed by atoms with Crippen LogP contribution < -0.4 is 0 Å². The lowest BCUT2D eigenvalue weighted by Gasteiger charge is -2.46. The van der Waals surface area contributed by atoms with Crippen LogP contribution in [0.3, 0.4) is 0 Å². The van der Waals surface area contributed by atoms with E-state index >= 15 is 0 Å². The van der Waals surface area contributed by atoms with E-state index in [0.717, 1.165) is 0 Å². The molecule has 0 unspecified atom stereocenters. The van der Waals surface area contributed by atoms with Crippen molar-refractivity contribution in [2.45, 2.75) is 144 Å². The van der Waals surface area contributed by atoms with Gasteiger partial charge in [0, 0.05) is 7.11 Å². The van der Waals surface area contributed by atoms with Crippen LogP contribution in [-0.4, -0.2) is 121 Å². The summed E-state index contributed by atoms with van der Waals surface area (Å²) < 4.78 is 46.2. The number of rotatable bonds is 9. The molecule has 0 aromatic carbocycles. The molecule has 2 rings (SSSR count). The molecule has 278 valence electrons. The van der Waals surface area contributed by atoms with Gasteiger partial charge in [0.2, 0.25) is 0 Å². The fraction of sp³-hybridized carbons (Fsp3) is 0.879. The lowest BCUT2D eigenvalue weighted by Crippen LogP contribution is -2.65. The molecule has 48 heavy (non-hydrogen) atoms. The number of carbonyl (C=O) groups is 4. The zero-order valence-electron chi connectivity index (χ0n) is 30.4. The van der Waals surface area contributed by atoms with E-state index in [1.807, 2.05) is 0 Å². The number of hydrogen-bond donors (Lipinski definition) is 3. The van der Waals surface area contributed by atoms with Crippen LogP contribution >= 0.6 is 0 Å². The molecule has 0 aliphatic carbocycles. The van der Waals surface area contributed by atoms with E-state index in [4.69, 9.17) is 37.9 Å². The summed E-state index contributed by atoms with van der Waals surface area (Å²) >= 11 is 0. The number of methoxy groups -OCH3 is 1. The summed E-state index contributed by atoms with van der Waals surface area (Å²) in [5, 5.41) is 31.2. The Bertz CT molecular complexity index is 1120. The summed E-state index contributed by atoms with van der Waals surface area (Å²) in [7, 11) is 1.24. The molecule has 2 aliphatic heterocycles. The lowest BCUT2D eigenvalue weighted by molar-refractivity contribution is -0.332. The lowest BCUT2D eigenvalue weighted by atomic mass is 9.93. The highest BCUT2D eigenvalue weighted by Crippen LogP contribution is 2.35. The van der Waals surface area contributed by atoms with Crippen LogP contribution in [0.5, 0.6) is 0 Å². The second kappa shape index (κ2) is 15.7. The maximum atomic E-state index is 13.4. The van der Waals surface area contributed by atoms with E-state index in [1.54, 1.807) is 83.1 Å². The average Bonchev–Trinajstić information content (AvgIpc) is 2.94. The number of aliphatic hydroxyl groups is 3. The van der Waals surface area contributed by atoms with Crippen molar-refractivity contribution in [2.24, 2.45) is 21.7 Å². The molecule has 0 amide bonds. The van der Waals surface area contributed by atoms with Crippen molar-refractivity contribution in [3.63, 3.8) is 0 Å². The minimum absolute atomic E-state index is 0.485. The largest absolute Gasteiger partial charge is 0.462 e. The van der Waals surface area contributed by atoms with Crippen LogP contribution in [0.15, 0.2) is 0 Å². The van der Waals surface area contributed by atoms with E-state index in [2.05, 4.69) is 0 Å². The number of ether oxygens (including phenoxy) is 8. The highest BCUT2D eigenvalue weighted by Gasteiger charge is 2.56. The highest BCUT2D eigenvalue weighted by molar-refractivity contribution is 5.78. The van der Waals surface area contributed by atoms with Crippen LogP contribution in [0.4, 0.5) is 0 Å². The van der Waals surface area contributed by atoms with E-state index in [-0.39, 0.29) is 0 Å². The average molecular weight is 693 g/mol. The van der Waals surface area contributed by atoms with E-state index in [1.165, 1.54) is 7.11 Å². The van der Waals surface area contributed by atoms with Gasteiger partial charge < -0.3 is 53.2 Å². The Morgan fingerprint density at radius 3 is 1.38 bits per heavy atom. The van der Waals surface area contributed by atoms with Gasteiger partial charge in [-0.1, -0.05) is 0 Å². The Balaban J connectivity index is 2.66. The summed E-state index contributed by atoms with van der Waals surface area (Å²) in [5.41, 5.74) is -4.07. The molecule has 10 atom stereocenters. The predicted octanol–water partition coefficient (Wildman–Crippen LogP) is 1.64. The van der Waals surface area contributed by atoms with Crippen molar-refractivity contribution in [1.29, 1.82) is 0 Å².